The molecule has 102 valence electrons. The number of benzene rings is 1. The maximum atomic E-state index is 12.5. The third kappa shape index (κ3) is 3.43. The van der Waals surface area contributed by atoms with Crippen LogP contribution in [0.15, 0.2) is 30.3 Å². The third-order valence-electron chi connectivity index (χ3n) is 3.71. The molecule has 0 aliphatic heterocycles. The molecule has 1 saturated carbocycles. The molecule has 2 atom stereocenters. The molecule has 1 aromatic rings. The summed E-state index contributed by atoms with van der Waals surface area (Å²) in [5.74, 6) is -0.271. The Balaban J connectivity index is 2.04. The van der Waals surface area contributed by atoms with E-state index < -0.39 is 0 Å². The number of Topliss-reactive ketones (excluding diaryl/α,β-unsaturated/α-hetero) is 1. The Bertz CT molecular complexity index is 439. The largest absolute Gasteiger partial charge is 0.466 e. The summed E-state index contributed by atoms with van der Waals surface area (Å²) in [6.45, 7) is 2.16. The molecule has 0 radical (unpaired) electrons. The topological polar surface area (TPSA) is 43.4 Å². The molecule has 1 aliphatic rings. The molecule has 0 spiro atoms. The number of carbonyl (C=O) groups is 2. The summed E-state index contributed by atoms with van der Waals surface area (Å²) >= 11 is 0. The fraction of sp³-hybridized carbons (Fsp3) is 0.500. The lowest BCUT2D eigenvalue weighted by Crippen LogP contribution is -2.29. The van der Waals surface area contributed by atoms with Crippen molar-refractivity contribution >= 4 is 11.8 Å². The predicted molar refractivity (Wildman–Crippen MR) is 72.8 cm³/mol. The Hall–Kier alpha value is -1.64. The highest BCUT2D eigenvalue weighted by Gasteiger charge is 2.33. The van der Waals surface area contributed by atoms with Gasteiger partial charge in [0.1, 0.15) is 5.78 Å². The minimum atomic E-state index is -0.255. The number of carbonyl (C=O) groups excluding carboxylic acids is 2. The van der Waals surface area contributed by atoms with E-state index in [0.717, 1.165) is 24.8 Å². The Labute approximate surface area is 114 Å². The molecule has 1 aliphatic carbocycles. The summed E-state index contributed by atoms with van der Waals surface area (Å²) in [6.07, 6.45) is 2.93. The van der Waals surface area contributed by atoms with Crippen molar-refractivity contribution in [3.05, 3.63) is 35.9 Å². The summed E-state index contributed by atoms with van der Waals surface area (Å²) in [4.78, 5) is 24.0. The fourth-order valence-electron chi connectivity index (χ4n) is 2.78. The lowest BCUT2D eigenvalue weighted by atomic mass is 9.75. The highest BCUT2D eigenvalue weighted by atomic mass is 16.5. The zero-order valence-electron chi connectivity index (χ0n) is 11.3. The lowest BCUT2D eigenvalue weighted by Gasteiger charge is -2.27. The van der Waals surface area contributed by atoms with Crippen LogP contribution in [0.1, 0.15) is 44.1 Å². The Morgan fingerprint density at radius 1 is 1.26 bits per heavy atom. The molecule has 0 bridgehead atoms. The van der Waals surface area contributed by atoms with E-state index in [1.807, 2.05) is 30.3 Å². The van der Waals surface area contributed by atoms with E-state index in [4.69, 9.17) is 4.74 Å². The second-order valence-corrected chi connectivity index (χ2v) is 5.00. The van der Waals surface area contributed by atoms with Crippen molar-refractivity contribution < 1.29 is 14.3 Å². The van der Waals surface area contributed by atoms with Gasteiger partial charge in [-0.15, -0.1) is 0 Å². The first-order valence-electron chi connectivity index (χ1n) is 6.96. The monoisotopic (exact) mass is 260 g/mol. The quantitative estimate of drug-likeness (QED) is 0.781. The van der Waals surface area contributed by atoms with Crippen molar-refractivity contribution in [1.29, 1.82) is 0 Å². The second-order valence-electron chi connectivity index (χ2n) is 5.00. The maximum absolute atomic E-state index is 12.5. The van der Waals surface area contributed by atoms with Crippen LogP contribution in [0.5, 0.6) is 0 Å². The van der Waals surface area contributed by atoms with Crippen LogP contribution in [0.3, 0.4) is 0 Å². The molecule has 19 heavy (non-hydrogen) atoms. The molecule has 0 N–H and O–H groups in total. The van der Waals surface area contributed by atoms with Crippen molar-refractivity contribution in [2.75, 3.05) is 6.61 Å². The van der Waals surface area contributed by atoms with E-state index in [1.54, 1.807) is 6.92 Å². The van der Waals surface area contributed by atoms with Crippen LogP contribution < -0.4 is 0 Å². The van der Waals surface area contributed by atoms with Crippen LogP contribution in [-0.2, 0) is 14.3 Å². The number of rotatable bonds is 4. The molecule has 3 nitrogen and oxygen atoms in total. The average molecular weight is 260 g/mol. The van der Waals surface area contributed by atoms with Gasteiger partial charge < -0.3 is 4.74 Å². The van der Waals surface area contributed by atoms with Crippen molar-refractivity contribution in [2.45, 2.75) is 38.5 Å². The van der Waals surface area contributed by atoms with E-state index >= 15 is 0 Å². The van der Waals surface area contributed by atoms with Crippen LogP contribution in [0.25, 0.3) is 0 Å². The van der Waals surface area contributed by atoms with Crippen LogP contribution in [0.2, 0.25) is 0 Å². The first kappa shape index (κ1) is 13.8. The summed E-state index contributed by atoms with van der Waals surface area (Å²) < 4.78 is 4.94. The van der Waals surface area contributed by atoms with Gasteiger partial charge in [-0.05, 0) is 25.3 Å². The maximum Gasteiger partial charge on any atom is 0.306 e. The van der Waals surface area contributed by atoms with E-state index in [0.29, 0.717) is 6.61 Å². The fourth-order valence-corrected chi connectivity index (χ4v) is 2.78. The minimum Gasteiger partial charge on any atom is -0.466 e. The van der Waals surface area contributed by atoms with Gasteiger partial charge in [-0.3, -0.25) is 9.59 Å². The first-order chi connectivity index (χ1) is 9.22. The summed E-state index contributed by atoms with van der Waals surface area (Å²) in [5.41, 5.74) is 1.07. The first-order valence-corrected chi connectivity index (χ1v) is 6.96. The van der Waals surface area contributed by atoms with Gasteiger partial charge >= 0.3 is 5.97 Å². The molecular formula is C16H20O3. The van der Waals surface area contributed by atoms with E-state index in [2.05, 4.69) is 0 Å². The van der Waals surface area contributed by atoms with Crippen molar-refractivity contribution in [2.24, 2.45) is 5.92 Å². The number of hydrogen-bond acceptors (Lipinski definition) is 3. The van der Waals surface area contributed by atoms with E-state index in [-0.39, 0.29) is 30.0 Å². The number of ketones is 1. The van der Waals surface area contributed by atoms with Gasteiger partial charge in [-0.25, -0.2) is 0 Å². The van der Waals surface area contributed by atoms with Crippen molar-refractivity contribution in [3.8, 4) is 0 Å². The van der Waals surface area contributed by atoms with Crippen LogP contribution in [0.4, 0.5) is 0 Å². The Morgan fingerprint density at radius 3 is 2.68 bits per heavy atom. The molecule has 2 unspecified atom stereocenters. The molecule has 0 aromatic heterocycles. The Kier molecular flexibility index (Phi) is 4.72. The molecule has 1 aromatic carbocycles. The van der Waals surface area contributed by atoms with Crippen molar-refractivity contribution in [3.63, 3.8) is 0 Å². The highest BCUT2D eigenvalue weighted by Crippen LogP contribution is 2.34. The molecule has 2 rings (SSSR count). The van der Waals surface area contributed by atoms with Gasteiger partial charge in [-0.2, -0.15) is 0 Å². The third-order valence-corrected chi connectivity index (χ3v) is 3.71. The van der Waals surface area contributed by atoms with Gasteiger partial charge in [-0.1, -0.05) is 36.8 Å². The molecule has 0 saturated heterocycles. The SMILES string of the molecule is CCOC(=O)CC1CCCC(c2ccccc2)C1=O. The summed E-state index contributed by atoms with van der Waals surface area (Å²) in [5, 5.41) is 0. The number of esters is 1. The second kappa shape index (κ2) is 6.50. The molecular weight excluding hydrogens is 240 g/mol. The predicted octanol–water partition coefficient (Wildman–Crippen LogP) is 3.09. The number of hydrogen-bond donors (Lipinski definition) is 0. The van der Waals surface area contributed by atoms with Gasteiger partial charge in [0.25, 0.3) is 0 Å². The Morgan fingerprint density at radius 2 is 2.00 bits per heavy atom. The van der Waals surface area contributed by atoms with Gasteiger partial charge in [0.05, 0.1) is 13.0 Å². The molecule has 3 heteroatoms. The summed E-state index contributed by atoms with van der Waals surface area (Å²) in [7, 11) is 0. The normalized spacial score (nSPS) is 23.1. The van der Waals surface area contributed by atoms with Gasteiger partial charge in [0.2, 0.25) is 0 Å². The van der Waals surface area contributed by atoms with Crippen LogP contribution in [0, 0.1) is 5.92 Å². The summed E-state index contributed by atoms with van der Waals surface area (Å²) in [6, 6.07) is 9.85. The molecule has 0 amide bonds. The average Bonchev–Trinajstić information content (AvgIpc) is 2.42. The van der Waals surface area contributed by atoms with Gasteiger partial charge in [0.15, 0.2) is 0 Å². The minimum absolute atomic E-state index is 0.0469. The van der Waals surface area contributed by atoms with Crippen LogP contribution >= 0.6 is 0 Å². The van der Waals surface area contributed by atoms with Gasteiger partial charge in [0, 0.05) is 11.8 Å². The van der Waals surface area contributed by atoms with Crippen molar-refractivity contribution in [1.82, 2.24) is 0 Å². The zero-order chi connectivity index (χ0) is 13.7. The standard InChI is InChI=1S/C16H20O3/c1-2-19-15(17)11-13-9-6-10-14(16(13)18)12-7-4-3-5-8-12/h3-5,7-8,13-14H,2,6,9-11H2,1H3. The zero-order valence-corrected chi connectivity index (χ0v) is 11.3. The highest BCUT2D eigenvalue weighted by molar-refractivity contribution is 5.91. The lowest BCUT2D eigenvalue weighted by molar-refractivity contribution is -0.146. The smallest absolute Gasteiger partial charge is 0.306 e. The number of ether oxygens (including phenoxy) is 1. The molecule has 1 fully saturated rings. The molecule has 0 heterocycles. The van der Waals surface area contributed by atoms with E-state index in [9.17, 15) is 9.59 Å². The van der Waals surface area contributed by atoms with Crippen LogP contribution in [-0.4, -0.2) is 18.4 Å². The van der Waals surface area contributed by atoms with E-state index in [1.165, 1.54) is 0 Å².